The largest absolute Gasteiger partial charge is 0.426 e. The molecule has 0 bridgehead atoms. The molecule has 2 aromatic carbocycles. The summed E-state index contributed by atoms with van der Waals surface area (Å²) in [4.78, 5) is 43.6. The molecule has 3 aliphatic rings. The number of aliphatic hydroxyl groups excluding tert-OH is 5. The molecule has 1 saturated carbocycles. The van der Waals surface area contributed by atoms with E-state index < -0.39 is 66.9 Å². The molecule has 0 radical (unpaired) electrons. The third-order valence-corrected chi connectivity index (χ3v) is 12.5. The molecule has 2 amide bonds. The van der Waals surface area contributed by atoms with Crippen molar-refractivity contribution in [2.75, 3.05) is 32.1 Å². The van der Waals surface area contributed by atoms with E-state index in [-0.39, 0.29) is 37.3 Å². The van der Waals surface area contributed by atoms with Crippen LogP contribution in [0, 0.1) is 18.8 Å². The minimum Gasteiger partial charge on any atom is -0.426 e. The van der Waals surface area contributed by atoms with Crippen LogP contribution >= 0.6 is 11.8 Å². The van der Waals surface area contributed by atoms with Gasteiger partial charge in [-0.3, -0.25) is 19.3 Å². The molecular weight excluding hydrogens is 767 g/mol. The zero-order chi connectivity index (χ0) is 42.0. The minimum absolute atomic E-state index is 0.0335. The van der Waals surface area contributed by atoms with Gasteiger partial charge in [-0.25, -0.2) is 0 Å². The molecule has 15 heteroatoms. The van der Waals surface area contributed by atoms with Crippen LogP contribution in [0.2, 0.25) is 0 Å². The number of nitrogens with zero attached hydrogens (tertiary/aromatic N) is 1. The third-order valence-electron chi connectivity index (χ3n) is 11.3. The summed E-state index contributed by atoms with van der Waals surface area (Å²) in [6, 6.07) is 13.6. The SMILES string of the molecule is Cc1c(OC(=O)CCCCO[C@H]2O[C@H](CO)[C@@H](O)[C@H](O)[C@@H]2O)cccc1C(=O)N[C@@H](CSc1ccccc1)[C@H](O)CN1C[C@H]2CCCC[C@H]2C[C@H]1C(=O)NC(C)(C)C. The van der Waals surface area contributed by atoms with Crippen molar-refractivity contribution in [1.82, 2.24) is 15.5 Å². The number of amides is 2. The van der Waals surface area contributed by atoms with Crippen molar-refractivity contribution in [2.24, 2.45) is 11.8 Å². The van der Waals surface area contributed by atoms with Gasteiger partial charge in [0.2, 0.25) is 5.91 Å². The first-order valence-electron chi connectivity index (χ1n) is 20.6. The maximum absolute atomic E-state index is 14.0. The summed E-state index contributed by atoms with van der Waals surface area (Å²) in [6.07, 6.45) is -1.75. The normalized spacial score (nSPS) is 27.5. The number of thioether (sulfide) groups is 1. The van der Waals surface area contributed by atoms with Gasteiger partial charge in [0.25, 0.3) is 5.91 Å². The van der Waals surface area contributed by atoms with Crippen molar-refractivity contribution in [3.05, 3.63) is 59.7 Å². The molecular formula is C43H63N3O11S. The number of likely N-dealkylation sites (tertiary alicyclic amines) is 1. The molecule has 1 aliphatic carbocycles. The summed E-state index contributed by atoms with van der Waals surface area (Å²) < 4.78 is 16.5. The lowest BCUT2D eigenvalue weighted by Gasteiger charge is -2.47. The van der Waals surface area contributed by atoms with Crippen LogP contribution in [0.5, 0.6) is 5.75 Å². The summed E-state index contributed by atoms with van der Waals surface area (Å²) in [6.45, 7) is 8.05. The van der Waals surface area contributed by atoms with Crippen molar-refractivity contribution >= 4 is 29.5 Å². The van der Waals surface area contributed by atoms with Gasteiger partial charge < -0.3 is 50.4 Å². The Morgan fingerprint density at radius 3 is 2.40 bits per heavy atom. The Hall–Kier alpha value is -3.12. The van der Waals surface area contributed by atoms with Crippen molar-refractivity contribution in [2.45, 2.75) is 138 Å². The monoisotopic (exact) mass is 829 g/mol. The highest BCUT2D eigenvalue weighted by atomic mass is 32.2. The lowest BCUT2D eigenvalue weighted by atomic mass is 9.72. The molecule has 5 rings (SSSR count). The molecule has 7 N–H and O–H groups in total. The highest BCUT2D eigenvalue weighted by Gasteiger charge is 2.44. The molecule has 322 valence electrons. The van der Waals surface area contributed by atoms with Crippen LogP contribution in [0.4, 0.5) is 0 Å². The minimum atomic E-state index is -1.54. The fourth-order valence-corrected chi connectivity index (χ4v) is 9.14. The summed E-state index contributed by atoms with van der Waals surface area (Å²) in [5.74, 6) is 0.568. The first-order valence-corrected chi connectivity index (χ1v) is 21.6. The number of fused-ring (bicyclic) bond motifs is 1. The smallest absolute Gasteiger partial charge is 0.311 e. The first kappa shape index (κ1) is 46.0. The van der Waals surface area contributed by atoms with Gasteiger partial charge in [-0.05, 0) is 89.5 Å². The van der Waals surface area contributed by atoms with E-state index in [1.165, 1.54) is 24.6 Å². The number of carbonyl (C=O) groups excluding carboxylic acids is 3. The number of ether oxygens (including phenoxy) is 3. The van der Waals surface area contributed by atoms with Gasteiger partial charge in [-0.2, -0.15) is 0 Å². The third kappa shape index (κ3) is 12.7. The number of esters is 1. The number of benzene rings is 2. The second-order valence-electron chi connectivity index (χ2n) is 16.9. The molecule has 0 aromatic heterocycles. The molecule has 2 aliphatic heterocycles. The Labute approximate surface area is 346 Å². The predicted molar refractivity (Wildman–Crippen MR) is 218 cm³/mol. The Bertz CT molecular complexity index is 1640. The molecule has 0 unspecified atom stereocenters. The number of piperidine rings is 1. The summed E-state index contributed by atoms with van der Waals surface area (Å²) >= 11 is 1.52. The van der Waals surface area contributed by atoms with Gasteiger partial charge in [-0.15, -0.1) is 11.8 Å². The zero-order valence-corrected chi connectivity index (χ0v) is 34.9. The number of rotatable bonds is 17. The highest BCUT2D eigenvalue weighted by Crippen LogP contribution is 2.39. The number of hydrogen-bond acceptors (Lipinski definition) is 13. The average molecular weight is 830 g/mol. The second-order valence-corrected chi connectivity index (χ2v) is 18.0. The molecule has 14 nitrogen and oxygen atoms in total. The molecule has 0 spiro atoms. The van der Waals surface area contributed by atoms with E-state index in [1.54, 1.807) is 25.1 Å². The quantitative estimate of drug-likeness (QED) is 0.0531. The Kier molecular flexibility index (Phi) is 17.0. The molecule has 2 heterocycles. The van der Waals surface area contributed by atoms with Gasteiger partial charge >= 0.3 is 5.97 Å². The maximum Gasteiger partial charge on any atom is 0.311 e. The van der Waals surface area contributed by atoms with Crippen LogP contribution in [-0.4, -0.2) is 135 Å². The lowest BCUT2D eigenvalue weighted by molar-refractivity contribution is -0.301. The standard InChI is InChI=1S/C43H63N3O11S/c1-26-30(17-12-18-34(26)56-36(49)19-10-11-20-55-42-39(52)38(51)37(50)35(24-47)57-42)40(53)44-31(25-58-29-15-6-5-7-16-29)33(48)23-46-22-28-14-9-8-13-27(28)21-32(46)41(54)45-43(2,3)4/h5-7,12,15-18,27-28,31-33,35,37-39,42,47-48,50-52H,8-11,13-14,19-25H2,1-4H3,(H,44,53)(H,45,54)/t27-,28+,31-,32-,33+,35+,37+,38-,39-,42-/m0/s1. The lowest BCUT2D eigenvalue weighted by Crippen LogP contribution is -2.60. The summed E-state index contributed by atoms with van der Waals surface area (Å²) in [7, 11) is 0. The van der Waals surface area contributed by atoms with Gasteiger partial charge in [0.1, 0.15) is 30.2 Å². The van der Waals surface area contributed by atoms with Gasteiger partial charge in [-0.1, -0.05) is 43.5 Å². The van der Waals surface area contributed by atoms with Crippen molar-refractivity contribution in [1.29, 1.82) is 0 Å². The summed E-state index contributed by atoms with van der Waals surface area (Å²) in [5.41, 5.74) is 0.357. The van der Waals surface area contributed by atoms with E-state index in [0.717, 1.165) is 24.2 Å². The molecule has 2 aromatic rings. The second kappa shape index (κ2) is 21.4. The fraction of sp³-hybridized carbons (Fsp3) is 0.651. The number of nitrogens with one attached hydrogen (secondary N) is 2. The van der Waals surface area contributed by atoms with Crippen LogP contribution in [0.25, 0.3) is 0 Å². The first-order chi connectivity index (χ1) is 27.6. The average Bonchev–Trinajstić information content (AvgIpc) is 3.19. The maximum atomic E-state index is 14.0. The summed E-state index contributed by atoms with van der Waals surface area (Å²) in [5, 5.41) is 57.6. The van der Waals surface area contributed by atoms with E-state index in [0.29, 0.717) is 48.1 Å². The Morgan fingerprint density at radius 1 is 0.966 bits per heavy atom. The number of hydrogen-bond donors (Lipinski definition) is 7. The number of carbonyl (C=O) groups is 3. The Morgan fingerprint density at radius 2 is 1.69 bits per heavy atom. The molecule has 2 saturated heterocycles. The van der Waals surface area contributed by atoms with E-state index >= 15 is 0 Å². The topological polar surface area (TPSA) is 207 Å². The van der Waals surface area contributed by atoms with Crippen molar-refractivity contribution in [3.8, 4) is 5.75 Å². The predicted octanol–water partition coefficient (Wildman–Crippen LogP) is 2.93. The van der Waals surface area contributed by atoms with Crippen molar-refractivity contribution < 1.29 is 54.1 Å². The number of β-amino-alcohol motifs (C(OH)–C–C–N with tert-alkyl or cyclic N) is 1. The van der Waals surface area contributed by atoms with Gasteiger partial charge in [0.15, 0.2) is 6.29 Å². The molecule has 3 fully saturated rings. The van der Waals surface area contributed by atoms with E-state index in [9.17, 15) is 39.9 Å². The van der Waals surface area contributed by atoms with E-state index in [4.69, 9.17) is 14.2 Å². The fourth-order valence-electron chi connectivity index (χ4n) is 8.11. The van der Waals surface area contributed by atoms with Crippen LogP contribution in [0.1, 0.15) is 88.1 Å². The number of aliphatic hydroxyl groups is 5. The molecule has 10 atom stereocenters. The van der Waals surface area contributed by atoms with E-state index in [2.05, 4.69) is 15.5 Å². The van der Waals surface area contributed by atoms with Gasteiger partial charge in [0, 0.05) is 53.4 Å². The number of unbranched alkanes of at least 4 members (excludes halogenated alkanes) is 1. The molecule has 58 heavy (non-hydrogen) atoms. The van der Waals surface area contributed by atoms with Crippen LogP contribution in [-0.2, 0) is 19.1 Å². The van der Waals surface area contributed by atoms with Crippen molar-refractivity contribution in [3.63, 3.8) is 0 Å². The highest BCUT2D eigenvalue weighted by molar-refractivity contribution is 7.99. The van der Waals surface area contributed by atoms with Crippen LogP contribution in [0.15, 0.2) is 53.4 Å². The zero-order valence-electron chi connectivity index (χ0n) is 34.1. The van der Waals surface area contributed by atoms with E-state index in [1.807, 2.05) is 51.1 Å². The van der Waals surface area contributed by atoms with Gasteiger partial charge in [0.05, 0.1) is 24.8 Å². The van der Waals surface area contributed by atoms with Crippen LogP contribution in [0.3, 0.4) is 0 Å². The van der Waals surface area contributed by atoms with Crippen LogP contribution < -0.4 is 15.4 Å². The Balaban J connectivity index is 1.20.